The summed E-state index contributed by atoms with van der Waals surface area (Å²) in [4.78, 5) is 21.4. The van der Waals surface area contributed by atoms with Crippen LogP contribution in [0.25, 0.3) is 0 Å². The lowest BCUT2D eigenvalue weighted by Gasteiger charge is -2.22. The van der Waals surface area contributed by atoms with Crippen LogP contribution in [-0.2, 0) is 9.53 Å². The average molecular weight is 189 g/mol. The number of carboxylic acids is 1. The van der Waals surface area contributed by atoms with Gasteiger partial charge >= 0.3 is 12.1 Å². The lowest BCUT2D eigenvalue weighted by Crippen LogP contribution is -2.40. The summed E-state index contributed by atoms with van der Waals surface area (Å²) in [5.74, 6) is -0.925. The molecule has 76 valence electrons. The fourth-order valence-electron chi connectivity index (χ4n) is 0.691. The number of amides is 1. The van der Waals surface area contributed by atoms with Gasteiger partial charge in [-0.2, -0.15) is 0 Å². The number of carboxylic acid groups (broad SMARTS) is 1. The number of alkyl carbamates (subject to hydrolysis) is 1. The van der Waals surface area contributed by atoms with Crippen LogP contribution in [0.5, 0.6) is 0 Å². The molecule has 0 saturated heterocycles. The average Bonchev–Trinajstić information content (AvgIpc) is 2.13. The first kappa shape index (κ1) is 11.7. The van der Waals surface area contributed by atoms with Crippen molar-refractivity contribution in [1.82, 2.24) is 5.32 Å². The van der Waals surface area contributed by atoms with E-state index in [1.807, 2.05) is 0 Å². The normalized spacial score (nSPS) is 14.4. The van der Waals surface area contributed by atoms with Crippen molar-refractivity contribution in [3.63, 3.8) is 0 Å². The van der Waals surface area contributed by atoms with E-state index in [1.54, 1.807) is 13.8 Å². The first-order valence-electron chi connectivity index (χ1n) is 4.01. The smallest absolute Gasteiger partial charge is 0.406 e. The van der Waals surface area contributed by atoms with Gasteiger partial charge in [-0.05, 0) is 13.3 Å². The van der Waals surface area contributed by atoms with E-state index in [0.717, 1.165) is 0 Å². The van der Waals surface area contributed by atoms with Crippen LogP contribution in [0.15, 0.2) is 0 Å². The van der Waals surface area contributed by atoms with Gasteiger partial charge in [-0.25, -0.2) is 4.79 Å². The van der Waals surface area contributed by atoms with E-state index in [4.69, 9.17) is 5.11 Å². The minimum atomic E-state index is -0.925. The minimum absolute atomic E-state index is 0.0749. The number of hydrogen-bond donors (Lipinski definition) is 2. The van der Waals surface area contributed by atoms with Crippen LogP contribution in [0.1, 0.15) is 20.3 Å². The third-order valence-corrected chi connectivity index (χ3v) is 2.10. The van der Waals surface area contributed by atoms with Gasteiger partial charge in [-0.1, -0.05) is 6.92 Å². The molecule has 5 nitrogen and oxygen atoms in total. The Labute approximate surface area is 77.1 Å². The van der Waals surface area contributed by atoms with Crippen molar-refractivity contribution in [3.8, 4) is 0 Å². The standard InChI is InChI=1S/C8H15NO4/c1-4-8(2,6(10)11)5-9-7(12)13-3/h4-5H2,1-3H3,(H,9,12)(H,10,11). The largest absolute Gasteiger partial charge is 0.481 e. The number of rotatable bonds is 4. The lowest BCUT2D eigenvalue weighted by atomic mass is 9.88. The molecule has 5 heteroatoms. The molecule has 13 heavy (non-hydrogen) atoms. The Bertz CT molecular complexity index is 204. The van der Waals surface area contributed by atoms with Gasteiger partial charge in [0.25, 0.3) is 0 Å². The summed E-state index contributed by atoms with van der Waals surface area (Å²) in [5, 5.41) is 11.2. The molecule has 0 aromatic carbocycles. The number of aliphatic carboxylic acids is 1. The molecule has 0 radical (unpaired) electrons. The summed E-state index contributed by atoms with van der Waals surface area (Å²) < 4.78 is 4.33. The van der Waals surface area contributed by atoms with E-state index < -0.39 is 17.5 Å². The molecule has 0 aromatic heterocycles. The molecule has 1 atom stereocenters. The van der Waals surface area contributed by atoms with Gasteiger partial charge in [0.15, 0.2) is 0 Å². The SMILES string of the molecule is CCC(C)(CNC(=O)OC)C(=O)O. The molecule has 0 fully saturated rings. The highest BCUT2D eigenvalue weighted by Crippen LogP contribution is 2.19. The molecule has 1 unspecified atom stereocenters. The maximum absolute atomic E-state index is 10.8. The zero-order valence-corrected chi connectivity index (χ0v) is 8.09. The van der Waals surface area contributed by atoms with Crippen molar-refractivity contribution < 1.29 is 19.4 Å². The molecular weight excluding hydrogens is 174 g/mol. The molecule has 1 amide bonds. The summed E-state index contributed by atoms with van der Waals surface area (Å²) in [6.07, 6.45) is -0.160. The van der Waals surface area contributed by atoms with Crippen molar-refractivity contribution in [2.45, 2.75) is 20.3 Å². The van der Waals surface area contributed by atoms with Crippen molar-refractivity contribution in [2.24, 2.45) is 5.41 Å². The number of ether oxygens (including phenoxy) is 1. The van der Waals surface area contributed by atoms with E-state index in [1.165, 1.54) is 7.11 Å². The molecule has 0 aliphatic heterocycles. The summed E-state index contributed by atoms with van der Waals surface area (Å²) >= 11 is 0. The van der Waals surface area contributed by atoms with Gasteiger partial charge in [-0.15, -0.1) is 0 Å². The summed E-state index contributed by atoms with van der Waals surface area (Å²) in [5.41, 5.74) is -0.922. The second-order valence-electron chi connectivity index (χ2n) is 3.06. The monoisotopic (exact) mass is 189 g/mol. The lowest BCUT2D eigenvalue weighted by molar-refractivity contribution is -0.147. The number of hydrogen-bond acceptors (Lipinski definition) is 3. The second kappa shape index (κ2) is 4.69. The molecule has 0 saturated carbocycles. The van der Waals surface area contributed by atoms with E-state index >= 15 is 0 Å². The molecule has 2 N–H and O–H groups in total. The maximum Gasteiger partial charge on any atom is 0.406 e. The zero-order chi connectivity index (χ0) is 10.5. The van der Waals surface area contributed by atoms with Gasteiger partial charge in [0, 0.05) is 6.54 Å². The molecule has 0 aliphatic carbocycles. The van der Waals surface area contributed by atoms with E-state index in [9.17, 15) is 9.59 Å². The summed E-state index contributed by atoms with van der Waals surface area (Å²) in [7, 11) is 1.24. The fraction of sp³-hybridized carbons (Fsp3) is 0.750. The number of carbonyl (C=O) groups is 2. The Hall–Kier alpha value is -1.26. The van der Waals surface area contributed by atoms with Crippen molar-refractivity contribution in [2.75, 3.05) is 13.7 Å². The molecule has 0 rings (SSSR count). The van der Waals surface area contributed by atoms with Gasteiger partial charge < -0.3 is 15.2 Å². The van der Waals surface area contributed by atoms with Crippen LogP contribution < -0.4 is 5.32 Å². The summed E-state index contributed by atoms with van der Waals surface area (Å²) in [6, 6.07) is 0. The predicted molar refractivity (Wildman–Crippen MR) is 46.4 cm³/mol. The van der Waals surface area contributed by atoms with Crippen LogP contribution >= 0.6 is 0 Å². The van der Waals surface area contributed by atoms with Gasteiger partial charge in [0.2, 0.25) is 0 Å². The van der Waals surface area contributed by atoms with Crippen molar-refractivity contribution in [1.29, 1.82) is 0 Å². The fourth-order valence-corrected chi connectivity index (χ4v) is 0.691. The Kier molecular flexibility index (Phi) is 4.23. The highest BCUT2D eigenvalue weighted by molar-refractivity contribution is 5.75. The first-order chi connectivity index (χ1) is 5.96. The molecule has 0 heterocycles. The van der Waals surface area contributed by atoms with E-state index in [2.05, 4.69) is 10.1 Å². The maximum atomic E-state index is 10.8. The van der Waals surface area contributed by atoms with E-state index in [-0.39, 0.29) is 6.54 Å². The number of nitrogens with one attached hydrogen (secondary N) is 1. The van der Waals surface area contributed by atoms with Crippen LogP contribution in [-0.4, -0.2) is 30.8 Å². The van der Waals surface area contributed by atoms with Gasteiger partial charge in [-0.3, -0.25) is 4.79 Å². The molecule has 0 aliphatic rings. The quantitative estimate of drug-likeness (QED) is 0.687. The highest BCUT2D eigenvalue weighted by atomic mass is 16.5. The molecule has 0 aromatic rings. The summed E-state index contributed by atoms with van der Waals surface area (Å²) in [6.45, 7) is 3.41. The number of carbonyl (C=O) groups excluding carboxylic acids is 1. The van der Waals surface area contributed by atoms with Crippen LogP contribution in [0, 0.1) is 5.41 Å². The Morgan fingerprint density at radius 3 is 2.38 bits per heavy atom. The van der Waals surface area contributed by atoms with Crippen LogP contribution in [0.3, 0.4) is 0 Å². The Morgan fingerprint density at radius 1 is 1.54 bits per heavy atom. The topological polar surface area (TPSA) is 75.6 Å². The predicted octanol–water partition coefficient (Wildman–Crippen LogP) is 0.843. The Morgan fingerprint density at radius 2 is 2.08 bits per heavy atom. The van der Waals surface area contributed by atoms with Gasteiger partial charge in [0.1, 0.15) is 0 Å². The third-order valence-electron chi connectivity index (χ3n) is 2.10. The Balaban J connectivity index is 4.13. The van der Waals surface area contributed by atoms with Gasteiger partial charge in [0.05, 0.1) is 12.5 Å². The zero-order valence-electron chi connectivity index (χ0n) is 8.09. The second-order valence-corrected chi connectivity index (χ2v) is 3.06. The van der Waals surface area contributed by atoms with Crippen molar-refractivity contribution in [3.05, 3.63) is 0 Å². The molecular formula is C8H15NO4. The minimum Gasteiger partial charge on any atom is -0.481 e. The van der Waals surface area contributed by atoms with Crippen molar-refractivity contribution >= 4 is 12.1 Å². The molecule has 0 bridgehead atoms. The molecule has 0 spiro atoms. The highest BCUT2D eigenvalue weighted by Gasteiger charge is 2.31. The van der Waals surface area contributed by atoms with Crippen LogP contribution in [0.2, 0.25) is 0 Å². The first-order valence-corrected chi connectivity index (χ1v) is 4.01. The van der Waals surface area contributed by atoms with Crippen LogP contribution in [0.4, 0.5) is 4.79 Å². The third kappa shape index (κ3) is 3.31. The van der Waals surface area contributed by atoms with E-state index in [0.29, 0.717) is 6.42 Å². The number of methoxy groups -OCH3 is 1.